The van der Waals surface area contributed by atoms with Crippen LogP contribution in [-0.4, -0.2) is 22.8 Å². The number of aryl methyl sites for hydroxylation is 1. The number of amides is 1. The van der Waals surface area contributed by atoms with Gasteiger partial charge >= 0.3 is 0 Å². The van der Waals surface area contributed by atoms with Crippen molar-refractivity contribution in [3.05, 3.63) is 62.0 Å². The van der Waals surface area contributed by atoms with Gasteiger partial charge in [0.25, 0.3) is 11.6 Å². The quantitative estimate of drug-likeness (QED) is 0.622. The van der Waals surface area contributed by atoms with Gasteiger partial charge in [-0.1, -0.05) is 0 Å². The lowest BCUT2D eigenvalue weighted by molar-refractivity contribution is -0.385. The van der Waals surface area contributed by atoms with Crippen LogP contribution in [0.25, 0.3) is 0 Å². The fraction of sp³-hybridized carbons (Fsp3) is 0.214. The summed E-state index contributed by atoms with van der Waals surface area (Å²) in [6, 6.07) is 7.91. The second kappa shape index (κ2) is 6.09. The molecule has 1 heterocycles. The zero-order chi connectivity index (χ0) is 15.6. The minimum Gasteiger partial charge on any atom is -0.464 e. The molecule has 0 saturated carbocycles. The normalized spacial score (nSPS) is 10.4. The van der Waals surface area contributed by atoms with Gasteiger partial charge < -0.3 is 9.32 Å². The van der Waals surface area contributed by atoms with Gasteiger partial charge in [-0.05, 0) is 47.1 Å². The van der Waals surface area contributed by atoms with Crippen molar-refractivity contribution in [1.29, 1.82) is 0 Å². The van der Waals surface area contributed by atoms with Crippen LogP contribution in [0.15, 0.2) is 39.2 Å². The first-order chi connectivity index (χ1) is 9.88. The van der Waals surface area contributed by atoms with Crippen LogP contribution in [0.5, 0.6) is 0 Å². The van der Waals surface area contributed by atoms with Crippen LogP contribution in [0.2, 0.25) is 0 Å². The van der Waals surface area contributed by atoms with Crippen LogP contribution < -0.4 is 0 Å². The summed E-state index contributed by atoms with van der Waals surface area (Å²) in [6.45, 7) is 2.12. The highest BCUT2D eigenvalue weighted by molar-refractivity contribution is 9.10. The zero-order valence-corrected chi connectivity index (χ0v) is 13.1. The van der Waals surface area contributed by atoms with Crippen LogP contribution in [0, 0.1) is 17.0 Å². The van der Waals surface area contributed by atoms with Crippen LogP contribution in [0.4, 0.5) is 5.69 Å². The maximum absolute atomic E-state index is 12.3. The summed E-state index contributed by atoms with van der Waals surface area (Å²) in [5.74, 6) is 1.12. The molecule has 1 aromatic carbocycles. The summed E-state index contributed by atoms with van der Waals surface area (Å²) in [6.07, 6.45) is 0. The van der Waals surface area contributed by atoms with Gasteiger partial charge in [0.15, 0.2) is 0 Å². The third-order valence-corrected chi connectivity index (χ3v) is 3.60. The molecule has 0 unspecified atom stereocenters. The van der Waals surface area contributed by atoms with Crippen molar-refractivity contribution in [3.63, 3.8) is 0 Å². The lowest BCUT2D eigenvalue weighted by Crippen LogP contribution is -2.26. The monoisotopic (exact) mass is 352 g/mol. The third-order valence-electron chi connectivity index (χ3n) is 2.93. The molecule has 110 valence electrons. The number of nitro groups is 1. The molecule has 0 aliphatic rings. The number of hydrogen-bond acceptors (Lipinski definition) is 4. The molecule has 0 N–H and O–H groups in total. The summed E-state index contributed by atoms with van der Waals surface area (Å²) in [4.78, 5) is 24.1. The number of benzene rings is 1. The van der Waals surface area contributed by atoms with E-state index in [1.54, 1.807) is 19.2 Å². The number of nitrogens with zero attached hydrogens (tertiary/aromatic N) is 2. The van der Waals surface area contributed by atoms with E-state index < -0.39 is 4.92 Å². The highest BCUT2D eigenvalue weighted by Gasteiger charge is 2.19. The summed E-state index contributed by atoms with van der Waals surface area (Å²) in [7, 11) is 1.62. The van der Waals surface area contributed by atoms with E-state index in [4.69, 9.17) is 4.42 Å². The number of carbonyl (C=O) groups is 1. The molecule has 1 aromatic heterocycles. The van der Waals surface area contributed by atoms with Crippen molar-refractivity contribution >= 4 is 27.5 Å². The van der Waals surface area contributed by atoms with E-state index in [9.17, 15) is 14.9 Å². The molecule has 0 aliphatic carbocycles. The fourth-order valence-electron chi connectivity index (χ4n) is 1.88. The van der Waals surface area contributed by atoms with E-state index in [2.05, 4.69) is 15.9 Å². The van der Waals surface area contributed by atoms with Gasteiger partial charge in [0, 0.05) is 18.7 Å². The van der Waals surface area contributed by atoms with Gasteiger partial charge in [-0.3, -0.25) is 14.9 Å². The Balaban J connectivity index is 2.19. The molecule has 2 aromatic rings. The number of nitro benzene ring substituents is 1. The molecule has 0 fully saturated rings. The Morgan fingerprint density at radius 2 is 2.10 bits per heavy atom. The SMILES string of the molecule is Cc1ccc(CN(C)C(=O)c2ccc(Br)c([N+](=O)[O-])c2)o1. The Morgan fingerprint density at radius 1 is 1.38 bits per heavy atom. The van der Waals surface area contributed by atoms with Gasteiger partial charge in [-0.2, -0.15) is 0 Å². The van der Waals surface area contributed by atoms with Crippen LogP contribution >= 0.6 is 15.9 Å². The predicted molar refractivity (Wildman–Crippen MR) is 80.0 cm³/mol. The number of rotatable bonds is 4. The van der Waals surface area contributed by atoms with E-state index in [0.717, 1.165) is 5.76 Å². The molecule has 2 rings (SSSR count). The molecular formula is C14H13BrN2O4. The molecule has 21 heavy (non-hydrogen) atoms. The highest BCUT2D eigenvalue weighted by Crippen LogP contribution is 2.26. The molecular weight excluding hydrogens is 340 g/mol. The summed E-state index contributed by atoms with van der Waals surface area (Å²) < 4.78 is 5.75. The van der Waals surface area contributed by atoms with Gasteiger partial charge in [0.05, 0.1) is 15.9 Å². The maximum atomic E-state index is 12.3. The van der Waals surface area contributed by atoms with Gasteiger partial charge in [0.2, 0.25) is 0 Å². The zero-order valence-electron chi connectivity index (χ0n) is 11.5. The molecule has 0 atom stereocenters. The lowest BCUT2D eigenvalue weighted by atomic mass is 10.2. The van der Waals surface area contributed by atoms with Crippen LogP contribution in [-0.2, 0) is 6.54 Å². The summed E-state index contributed by atoms with van der Waals surface area (Å²) in [5.41, 5.74) is 0.124. The fourth-order valence-corrected chi connectivity index (χ4v) is 2.27. The van der Waals surface area contributed by atoms with Gasteiger partial charge in [0.1, 0.15) is 11.5 Å². The van der Waals surface area contributed by atoms with Crippen molar-refractivity contribution in [2.24, 2.45) is 0 Å². The maximum Gasteiger partial charge on any atom is 0.284 e. The van der Waals surface area contributed by atoms with E-state index >= 15 is 0 Å². The number of halogens is 1. The number of carbonyl (C=O) groups excluding carboxylic acids is 1. The summed E-state index contributed by atoms with van der Waals surface area (Å²) >= 11 is 3.09. The van der Waals surface area contributed by atoms with Crippen molar-refractivity contribution in [3.8, 4) is 0 Å². The molecule has 0 spiro atoms. The number of furan rings is 1. The lowest BCUT2D eigenvalue weighted by Gasteiger charge is -2.15. The first-order valence-electron chi connectivity index (χ1n) is 6.13. The number of hydrogen-bond donors (Lipinski definition) is 0. The Kier molecular flexibility index (Phi) is 4.42. The topological polar surface area (TPSA) is 76.6 Å². The molecule has 0 radical (unpaired) electrons. The molecule has 1 amide bonds. The average molecular weight is 353 g/mol. The minimum absolute atomic E-state index is 0.136. The van der Waals surface area contributed by atoms with E-state index in [-0.39, 0.29) is 17.2 Å². The first kappa shape index (κ1) is 15.2. The van der Waals surface area contributed by atoms with Crippen molar-refractivity contribution in [2.45, 2.75) is 13.5 Å². The Hall–Kier alpha value is -2.15. The van der Waals surface area contributed by atoms with E-state index in [1.807, 2.05) is 13.0 Å². The largest absolute Gasteiger partial charge is 0.464 e. The Morgan fingerprint density at radius 3 is 2.67 bits per heavy atom. The highest BCUT2D eigenvalue weighted by atomic mass is 79.9. The average Bonchev–Trinajstić information content (AvgIpc) is 2.83. The van der Waals surface area contributed by atoms with Gasteiger partial charge in [-0.15, -0.1) is 0 Å². The van der Waals surface area contributed by atoms with E-state index in [1.165, 1.54) is 17.0 Å². The first-order valence-corrected chi connectivity index (χ1v) is 6.92. The van der Waals surface area contributed by atoms with Crippen molar-refractivity contribution < 1.29 is 14.1 Å². The Labute approximate surface area is 129 Å². The molecule has 6 nitrogen and oxygen atoms in total. The second-order valence-electron chi connectivity index (χ2n) is 4.60. The molecule has 0 saturated heterocycles. The predicted octanol–water partition coefficient (Wildman–Crippen LogP) is 3.53. The molecule has 0 bridgehead atoms. The Bertz CT molecular complexity index is 696. The smallest absolute Gasteiger partial charge is 0.284 e. The van der Waals surface area contributed by atoms with Gasteiger partial charge in [-0.25, -0.2) is 0 Å². The second-order valence-corrected chi connectivity index (χ2v) is 5.45. The standard InChI is InChI=1S/C14H13BrN2O4/c1-9-3-5-11(21-9)8-16(2)14(18)10-4-6-12(15)13(7-10)17(19)20/h3-7H,8H2,1-2H3. The van der Waals surface area contributed by atoms with Crippen molar-refractivity contribution in [2.75, 3.05) is 7.05 Å². The minimum atomic E-state index is -0.531. The van der Waals surface area contributed by atoms with E-state index in [0.29, 0.717) is 16.8 Å². The van der Waals surface area contributed by atoms with Crippen LogP contribution in [0.3, 0.4) is 0 Å². The summed E-state index contributed by atoms with van der Waals surface area (Å²) in [5, 5.41) is 10.9. The van der Waals surface area contributed by atoms with Crippen molar-refractivity contribution in [1.82, 2.24) is 4.90 Å². The molecule has 7 heteroatoms. The molecule has 0 aliphatic heterocycles. The van der Waals surface area contributed by atoms with Crippen LogP contribution in [0.1, 0.15) is 21.9 Å². The third kappa shape index (κ3) is 3.49.